The summed E-state index contributed by atoms with van der Waals surface area (Å²) in [6.07, 6.45) is 6.53. The number of carbonyl (C=O) groups is 2. The molecule has 16 heavy (non-hydrogen) atoms. The van der Waals surface area contributed by atoms with Crippen LogP contribution in [-0.4, -0.2) is 28.2 Å². The van der Waals surface area contributed by atoms with E-state index in [0.29, 0.717) is 6.04 Å². The van der Waals surface area contributed by atoms with Crippen LogP contribution in [0.2, 0.25) is 0 Å². The van der Waals surface area contributed by atoms with Crippen LogP contribution >= 0.6 is 0 Å². The fourth-order valence-corrected chi connectivity index (χ4v) is 0.961. The van der Waals surface area contributed by atoms with Crippen molar-refractivity contribution in [1.82, 2.24) is 5.43 Å². The first-order valence-corrected chi connectivity index (χ1v) is 5.38. The molecule has 5 N–H and O–H groups in total. The fourth-order valence-electron chi connectivity index (χ4n) is 0.961. The Balaban J connectivity index is 0. The van der Waals surface area contributed by atoms with Crippen LogP contribution in [0, 0.1) is 0 Å². The van der Waals surface area contributed by atoms with E-state index in [2.05, 4.69) is 19.3 Å². The molecule has 96 valence electrons. The summed E-state index contributed by atoms with van der Waals surface area (Å²) in [7, 11) is 0. The standard InChI is InChI=1S/C8H20N2.C2H2O4/c1-3-4-5-6-7-8(2)10-9;3-1(4)2(5)6/h8,10H,3-7,9H2,1-2H3;(H,3,4)(H,5,6). The zero-order valence-corrected chi connectivity index (χ0v) is 9.90. The number of hydrogen-bond acceptors (Lipinski definition) is 4. The van der Waals surface area contributed by atoms with Crippen LogP contribution in [0.15, 0.2) is 0 Å². The monoisotopic (exact) mass is 234 g/mol. The minimum absolute atomic E-state index is 0.483. The van der Waals surface area contributed by atoms with Gasteiger partial charge in [-0.3, -0.25) is 11.3 Å². The lowest BCUT2D eigenvalue weighted by Crippen LogP contribution is -2.32. The SMILES string of the molecule is CCCCCCC(C)NN.O=C(O)C(=O)O. The first-order chi connectivity index (χ1) is 7.45. The number of nitrogens with two attached hydrogens (primary N) is 1. The van der Waals surface area contributed by atoms with Crippen LogP contribution in [0.5, 0.6) is 0 Å². The van der Waals surface area contributed by atoms with Crippen molar-refractivity contribution < 1.29 is 19.8 Å². The molecule has 0 fully saturated rings. The predicted molar refractivity (Wildman–Crippen MR) is 60.8 cm³/mol. The minimum atomic E-state index is -1.82. The van der Waals surface area contributed by atoms with E-state index in [9.17, 15) is 0 Å². The van der Waals surface area contributed by atoms with E-state index < -0.39 is 11.9 Å². The van der Waals surface area contributed by atoms with Gasteiger partial charge in [0.2, 0.25) is 0 Å². The Labute approximate surface area is 95.8 Å². The normalized spacial score (nSPS) is 11.2. The number of rotatable bonds is 6. The van der Waals surface area contributed by atoms with Crippen LogP contribution < -0.4 is 11.3 Å². The summed E-state index contributed by atoms with van der Waals surface area (Å²) in [5.41, 5.74) is 2.74. The molecule has 0 aromatic carbocycles. The zero-order valence-electron chi connectivity index (χ0n) is 9.90. The van der Waals surface area contributed by atoms with Gasteiger partial charge in [-0.15, -0.1) is 0 Å². The Morgan fingerprint density at radius 2 is 1.69 bits per heavy atom. The maximum absolute atomic E-state index is 9.10. The topological polar surface area (TPSA) is 113 Å². The number of carboxylic acids is 2. The molecule has 0 saturated carbocycles. The molecule has 0 aliphatic heterocycles. The first kappa shape index (κ1) is 17.3. The van der Waals surface area contributed by atoms with Gasteiger partial charge in [0.15, 0.2) is 0 Å². The third kappa shape index (κ3) is 15.3. The quantitative estimate of drug-likeness (QED) is 0.236. The zero-order chi connectivity index (χ0) is 13.0. The number of nitrogens with one attached hydrogen (secondary N) is 1. The third-order valence-corrected chi connectivity index (χ3v) is 1.96. The molecule has 0 aromatic rings. The summed E-state index contributed by atoms with van der Waals surface area (Å²) in [5, 5.41) is 14.8. The summed E-state index contributed by atoms with van der Waals surface area (Å²) in [4.78, 5) is 18.2. The molecule has 6 nitrogen and oxygen atoms in total. The van der Waals surface area contributed by atoms with Crippen molar-refractivity contribution in [3.8, 4) is 0 Å². The van der Waals surface area contributed by atoms with Crippen LogP contribution in [-0.2, 0) is 9.59 Å². The number of carboxylic acid groups (broad SMARTS) is 2. The maximum Gasteiger partial charge on any atom is 0.414 e. The molecule has 6 heteroatoms. The highest BCUT2D eigenvalue weighted by molar-refractivity contribution is 6.27. The van der Waals surface area contributed by atoms with E-state index in [1.165, 1.54) is 32.1 Å². The molecule has 0 spiro atoms. The van der Waals surface area contributed by atoms with Crippen molar-refractivity contribution >= 4 is 11.9 Å². The van der Waals surface area contributed by atoms with E-state index in [1.54, 1.807) is 0 Å². The highest BCUT2D eigenvalue weighted by atomic mass is 16.4. The second-order valence-electron chi connectivity index (χ2n) is 3.53. The van der Waals surface area contributed by atoms with Crippen LogP contribution in [0.3, 0.4) is 0 Å². The van der Waals surface area contributed by atoms with Crippen LogP contribution in [0.25, 0.3) is 0 Å². The number of unbranched alkanes of at least 4 members (excludes halogenated alkanes) is 3. The van der Waals surface area contributed by atoms with Gasteiger partial charge in [-0.25, -0.2) is 9.59 Å². The molecule has 0 aromatic heterocycles. The summed E-state index contributed by atoms with van der Waals surface area (Å²) in [5.74, 6) is 1.59. The molecule has 1 atom stereocenters. The largest absolute Gasteiger partial charge is 0.473 e. The highest BCUT2D eigenvalue weighted by Gasteiger charge is 2.04. The molecule has 0 aliphatic carbocycles. The second kappa shape index (κ2) is 11.9. The smallest absolute Gasteiger partial charge is 0.414 e. The van der Waals surface area contributed by atoms with Crippen molar-refractivity contribution in [2.75, 3.05) is 0 Å². The molecule has 1 unspecified atom stereocenters. The lowest BCUT2D eigenvalue weighted by Gasteiger charge is -2.07. The van der Waals surface area contributed by atoms with Gasteiger partial charge >= 0.3 is 11.9 Å². The van der Waals surface area contributed by atoms with Gasteiger partial charge in [0.05, 0.1) is 0 Å². The first-order valence-electron chi connectivity index (χ1n) is 5.38. The van der Waals surface area contributed by atoms with E-state index in [0.717, 1.165) is 0 Å². The van der Waals surface area contributed by atoms with E-state index in [-0.39, 0.29) is 0 Å². The molecule has 0 heterocycles. The molecule has 0 bridgehead atoms. The summed E-state index contributed by atoms with van der Waals surface area (Å²) in [6, 6.07) is 0.483. The molecular weight excluding hydrogens is 212 g/mol. The minimum Gasteiger partial charge on any atom is -0.473 e. The highest BCUT2D eigenvalue weighted by Crippen LogP contribution is 2.04. The van der Waals surface area contributed by atoms with Crippen molar-refractivity contribution in [3.05, 3.63) is 0 Å². The Hall–Kier alpha value is -1.14. The number of hydrazine groups is 1. The van der Waals surface area contributed by atoms with Gasteiger partial charge in [0, 0.05) is 6.04 Å². The van der Waals surface area contributed by atoms with Gasteiger partial charge in [-0.05, 0) is 13.3 Å². The lowest BCUT2D eigenvalue weighted by molar-refractivity contribution is -0.159. The molecular formula is C10H22N2O4. The number of aliphatic carboxylic acids is 2. The molecule has 0 amide bonds. The maximum atomic E-state index is 9.10. The average molecular weight is 234 g/mol. The lowest BCUT2D eigenvalue weighted by atomic mass is 10.1. The fraction of sp³-hybridized carbons (Fsp3) is 0.800. The van der Waals surface area contributed by atoms with E-state index >= 15 is 0 Å². The Bertz CT molecular complexity index is 185. The van der Waals surface area contributed by atoms with Gasteiger partial charge in [0.1, 0.15) is 0 Å². The Kier molecular flexibility index (Phi) is 12.9. The Morgan fingerprint density at radius 1 is 1.19 bits per heavy atom. The molecule has 0 rings (SSSR count). The van der Waals surface area contributed by atoms with Gasteiger partial charge < -0.3 is 10.2 Å². The van der Waals surface area contributed by atoms with Gasteiger partial charge in [-0.1, -0.05) is 32.6 Å². The van der Waals surface area contributed by atoms with Gasteiger partial charge in [-0.2, -0.15) is 0 Å². The van der Waals surface area contributed by atoms with Crippen molar-refractivity contribution in [2.45, 2.75) is 52.0 Å². The van der Waals surface area contributed by atoms with Gasteiger partial charge in [0.25, 0.3) is 0 Å². The third-order valence-electron chi connectivity index (χ3n) is 1.96. The Morgan fingerprint density at radius 3 is 2.00 bits per heavy atom. The van der Waals surface area contributed by atoms with E-state index in [1.807, 2.05) is 0 Å². The second-order valence-corrected chi connectivity index (χ2v) is 3.53. The molecule has 0 saturated heterocycles. The van der Waals surface area contributed by atoms with Crippen molar-refractivity contribution in [1.29, 1.82) is 0 Å². The summed E-state index contributed by atoms with van der Waals surface area (Å²) in [6.45, 7) is 4.34. The summed E-state index contributed by atoms with van der Waals surface area (Å²) >= 11 is 0. The number of hydrogen-bond donors (Lipinski definition) is 4. The van der Waals surface area contributed by atoms with Crippen molar-refractivity contribution in [2.24, 2.45) is 5.84 Å². The predicted octanol–water partition coefficient (Wildman–Crippen LogP) is 0.964. The van der Waals surface area contributed by atoms with Crippen molar-refractivity contribution in [3.63, 3.8) is 0 Å². The average Bonchev–Trinajstić information content (AvgIpc) is 2.24. The van der Waals surface area contributed by atoms with E-state index in [4.69, 9.17) is 25.6 Å². The van der Waals surface area contributed by atoms with Crippen LogP contribution in [0.4, 0.5) is 0 Å². The molecule has 0 radical (unpaired) electrons. The molecule has 0 aliphatic rings. The van der Waals surface area contributed by atoms with Crippen LogP contribution in [0.1, 0.15) is 46.0 Å². The summed E-state index contributed by atoms with van der Waals surface area (Å²) < 4.78 is 0.